The molecule has 1 aromatic rings. The van der Waals surface area contributed by atoms with Crippen molar-refractivity contribution < 1.29 is 14.5 Å². The van der Waals surface area contributed by atoms with Crippen molar-refractivity contribution >= 4 is 28.9 Å². The number of anilines is 2. The van der Waals surface area contributed by atoms with Gasteiger partial charge in [-0.1, -0.05) is 6.42 Å². The van der Waals surface area contributed by atoms with Gasteiger partial charge in [0.2, 0.25) is 11.8 Å². The van der Waals surface area contributed by atoms with E-state index in [2.05, 4.69) is 17.1 Å². The molecule has 1 atom stereocenters. The molecule has 28 heavy (non-hydrogen) atoms. The van der Waals surface area contributed by atoms with Crippen molar-refractivity contribution in [2.24, 2.45) is 0 Å². The first-order valence-corrected chi connectivity index (χ1v) is 10.1. The van der Waals surface area contributed by atoms with E-state index in [1.165, 1.54) is 25.3 Å². The number of hydrogen-bond acceptors (Lipinski definition) is 6. The summed E-state index contributed by atoms with van der Waals surface area (Å²) < 4.78 is 0. The Hall–Kier alpha value is -2.48. The van der Waals surface area contributed by atoms with Gasteiger partial charge < -0.3 is 10.2 Å². The second-order valence-electron chi connectivity index (χ2n) is 7.60. The third-order valence-electron chi connectivity index (χ3n) is 5.59. The van der Waals surface area contributed by atoms with Crippen LogP contribution in [0, 0.1) is 10.1 Å². The fourth-order valence-electron chi connectivity index (χ4n) is 4.00. The van der Waals surface area contributed by atoms with Crippen LogP contribution >= 0.6 is 0 Å². The van der Waals surface area contributed by atoms with E-state index in [1.54, 1.807) is 12.1 Å². The number of nitrogens with zero attached hydrogens (tertiary/aromatic N) is 3. The van der Waals surface area contributed by atoms with Crippen LogP contribution in [0.3, 0.4) is 0 Å². The smallest absolute Gasteiger partial charge is 0.294 e. The number of nitrogens with one attached hydrogen (secondary N) is 1. The summed E-state index contributed by atoms with van der Waals surface area (Å²) in [7, 11) is 0. The summed E-state index contributed by atoms with van der Waals surface area (Å²) in [6, 6.07) is 5.10. The predicted molar refractivity (Wildman–Crippen MR) is 107 cm³/mol. The van der Waals surface area contributed by atoms with Crippen LogP contribution in [0.25, 0.3) is 0 Å². The van der Waals surface area contributed by atoms with Crippen molar-refractivity contribution in [2.45, 2.75) is 57.9 Å². The molecule has 2 aliphatic heterocycles. The van der Waals surface area contributed by atoms with Gasteiger partial charge in [-0.25, -0.2) is 0 Å². The molecule has 2 fully saturated rings. The second-order valence-corrected chi connectivity index (χ2v) is 7.60. The summed E-state index contributed by atoms with van der Waals surface area (Å²) >= 11 is 0. The van der Waals surface area contributed by atoms with E-state index in [-0.39, 0.29) is 36.0 Å². The third-order valence-corrected chi connectivity index (χ3v) is 5.59. The number of carbonyl (C=O) groups is 2. The zero-order chi connectivity index (χ0) is 20.1. The third kappa shape index (κ3) is 4.67. The van der Waals surface area contributed by atoms with Crippen LogP contribution in [-0.4, -0.2) is 47.3 Å². The van der Waals surface area contributed by atoms with Gasteiger partial charge in [0.25, 0.3) is 5.69 Å². The van der Waals surface area contributed by atoms with Gasteiger partial charge in [-0.15, -0.1) is 0 Å². The Labute approximate surface area is 165 Å². The van der Waals surface area contributed by atoms with Gasteiger partial charge in [-0.05, 0) is 51.3 Å². The lowest BCUT2D eigenvalue weighted by molar-refractivity contribution is -0.383. The van der Waals surface area contributed by atoms with Crippen molar-refractivity contribution in [3.8, 4) is 0 Å². The minimum absolute atomic E-state index is 0.116. The molecule has 2 amide bonds. The van der Waals surface area contributed by atoms with Gasteiger partial charge in [-0.2, -0.15) is 0 Å². The summed E-state index contributed by atoms with van der Waals surface area (Å²) in [5.41, 5.74) is 0.571. The van der Waals surface area contributed by atoms with E-state index >= 15 is 0 Å². The molecular formula is C20H28N4O4. The number of hydrogen-bond donors (Lipinski definition) is 1. The lowest BCUT2D eigenvalue weighted by atomic mass is 10.0. The van der Waals surface area contributed by atoms with Crippen molar-refractivity contribution in [3.05, 3.63) is 28.3 Å². The van der Waals surface area contributed by atoms with Gasteiger partial charge in [0.05, 0.1) is 10.6 Å². The van der Waals surface area contributed by atoms with Crippen molar-refractivity contribution in [1.82, 2.24) is 4.90 Å². The standard InChI is InChI=1S/C20H28N4O4/c1-15-6-2-3-12-22(15)13-5-11-21-17-10-9-16(14-18(17)24(27)28)23-19(25)7-4-8-20(23)26/h9-10,14-15,21H,2-8,11-13H2,1H3. The molecule has 2 aliphatic rings. The number of benzene rings is 1. The van der Waals surface area contributed by atoms with E-state index in [0.717, 1.165) is 24.4 Å². The topological polar surface area (TPSA) is 95.8 Å². The van der Waals surface area contributed by atoms with Crippen molar-refractivity contribution in [1.29, 1.82) is 0 Å². The summed E-state index contributed by atoms with van der Waals surface area (Å²) in [5.74, 6) is -0.608. The predicted octanol–water partition coefficient (Wildman–Crippen LogP) is 3.31. The molecule has 0 saturated carbocycles. The highest BCUT2D eigenvalue weighted by atomic mass is 16.6. The molecule has 152 valence electrons. The lowest BCUT2D eigenvalue weighted by Gasteiger charge is -2.33. The number of amides is 2. The fourth-order valence-corrected chi connectivity index (χ4v) is 4.00. The van der Waals surface area contributed by atoms with Crippen molar-refractivity contribution in [2.75, 3.05) is 29.9 Å². The zero-order valence-electron chi connectivity index (χ0n) is 16.4. The number of nitro groups is 1. The Kier molecular flexibility index (Phi) is 6.61. The molecule has 8 heteroatoms. The maximum absolute atomic E-state index is 12.1. The van der Waals surface area contributed by atoms with Crippen LogP contribution in [0.15, 0.2) is 18.2 Å². The average Bonchev–Trinajstić information content (AvgIpc) is 2.67. The summed E-state index contributed by atoms with van der Waals surface area (Å²) in [6.45, 7) is 4.97. The number of carbonyl (C=O) groups excluding carboxylic acids is 2. The SMILES string of the molecule is CC1CCCCN1CCCNc1ccc(N2C(=O)CCCC2=O)cc1[N+](=O)[O-]. The Morgan fingerprint density at radius 1 is 1.18 bits per heavy atom. The van der Waals surface area contributed by atoms with Crippen LogP contribution in [0.5, 0.6) is 0 Å². The summed E-state index contributed by atoms with van der Waals surface area (Å²) in [4.78, 5) is 38.7. The summed E-state index contributed by atoms with van der Waals surface area (Å²) in [6.07, 6.45) is 5.75. The number of rotatable bonds is 7. The Morgan fingerprint density at radius 3 is 2.61 bits per heavy atom. The van der Waals surface area contributed by atoms with E-state index in [4.69, 9.17) is 0 Å². The van der Waals surface area contributed by atoms with E-state index in [0.29, 0.717) is 24.7 Å². The molecule has 0 radical (unpaired) electrons. The zero-order valence-corrected chi connectivity index (χ0v) is 16.4. The number of likely N-dealkylation sites (tertiary alicyclic amines) is 1. The molecule has 0 spiro atoms. The number of nitro benzene ring substituents is 1. The van der Waals surface area contributed by atoms with Gasteiger partial charge >= 0.3 is 0 Å². The van der Waals surface area contributed by atoms with Crippen LogP contribution in [0.4, 0.5) is 17.1 Å². The van der Waals surface area contributed by atoms with Gasteiger partial charge in [0, 0.05) is 38.0 Å². The van der Waals surface area contributed by atoms with Crippen LogP contribution in [0.2, 0.25) is 0 Å². The molecule has 3 rings (SSSR count). The van der Waals surface area contributed by atoms with E-state index in [1.807, 2.05) is 0 Å². The van der Waals surface area contributed by atoms with Gasteiger partial charge in [0.15, 0.2) is 0 Å². The van der Waals surface area contributed by atoms with E-state index in [9.17, 15) is 19.7 Å². The van der Waals surface area contributed by atoms with Crippen molar-refractivity contribution in [3.63, 3.8) is 0 Å². The highest BCUT2D eigenvalue weighted by Crippen LogP contribution is 2.31. The minimum Gasteiger partial charge on any atom is -0.379 e. The number of piperidine rings is 2. The Morgan fingerprint density at radius 2 is 1.93 bits per heavy atom. The highest BCUT2D eigenvalue weighted by Gasteiger charge is 2.29. The maximum Gasteiger partial charge on any atom is 0.294 e. The molecule has 2 saturated heterocycles. The molecule has 0 aromatic heterocycles. The summed E-state index contributed by atoms with van der Waals surface area (Å²) in [5, 5.41) is 14.7. The van der Waals surface area contributed by atoms with Crippen LogP contribution in [-0.2, 0) is 9.59 Å². The minimum atomic E-state index is -0.475. The Bertz CT molecular complexity index is 736. The molecule has 8 nitrogen and oxygen atoms in total. The first-order chi connectivity index (χ1) is 13.5. The molecule has 1 unspecified atom stereocenters. The largest absolute Gasteiger partial charge is 0.379 e. The molecular weight excluding hydrogens is 360 g/mol. The Balaban J connectivity index is 1.63. The van der Waals surface area contributed by atoms with Gasteiger partial charge in [0.1, 0.15) is 5.69 Å². The van der Waals surface area contributed by atoms with Gasteiger partial charge in [-0.3, -0.25) is 24.6 Å². The number of imide groups is 1. The first-order valence-electron chi connectivity index (χ1n) is 10.1. The maximum atomic E-state index is 12.1. The normalized spacial score (nSPS) is 21.0. The fraction of sp³-hybridized carbons (Fsp3) is 0.600. The first kappa shape index (κ1) is 20.3. The molecule has 0 bridgehead atoms. The molecule has 2 heterocycles. The monoisotopic (exact) mass is 388 g/mol. The van der Waals surface area contributed by atoms with E-state index < -0.39 is 4.92 Å². The average molecular weight is 388 g/mol. The molecule has 0 aliphatic carbocycles. The van der Waals surface area contributed by atoms with Crippen LogP contribution < -0.4 is 10.2 Å². The molecule has 1 aromatic carbocycles. The second kappa shape index (κ2) is 9.14. The quantitative estimate of drug-likeness (QED) is 0.333. The highest BCUT2D eigenvalue weighted by molar-refractivity contribution is 6.16. The molecule has 1 N–H and O–H groups in total. The van der Waals surface area contributed by atoms with Crippen LogP contribution in [0.1, 0.15) is 51.9 Å². The lowest BCUT2D eigenvalue weighted by Crippen LogP contribution is -2.40.